The van der Waals surface area contributed by atoms with Gasteiger partial charge in [0.05, 0.1) is 28.8 Å². The number of para-hydroxylation sites is 1. The zero-order valence-electron chi connectivity index (χ0n) is 15.2. The molecule has 1 aliphatic heterocycles. The number of benzene rings is 1. The normalized spacial score (nSPS) is 14.7. The van der Waals surface area contributed by atoms with Gasteiger partial charge < -0.3 is 10.4 Å². The molecule has 2 N–H and O–H groups in total. The summed E-state index contributed by atoms with van der Waals surface area (Å²) >= 11 is 1.39. The van der Waals surface area contributed by atoms with E-state index in [0.29, 0.717) is 11.1 Å². The molecule has 0 aliphatic carbocycles. The third-order valence-corrected chi connectivity index (χ3v) is 6.63. The average molecular weight is 439 g/mol. The highest BCUT2D eigenvalue weighted by Gasteiger charge is 2.29. The summed E-state index contributed by atoms with van der Waals surface area (Å²) in [5.41, 5.74) is 1.95. The first-order chi connectivity index (χ1) is 14.5. The monoisotopic (exact) mass is 439 g/mol. The van der Waals surface area contributed by atoms with Gasteiger partial charge in [-0.15, -0.1) is 15.7 Å². The summed E-state index contributed by atoms with van der Waals surface area (Å²) < 4.78 is 30.4. The lowest BCUT2D eigenvalue weighted by atomic mass is 10.1. The fourth-order valence-corrected chi connectivity index (χ4v) is 5.00. The molecule has 1 aromatic carbocycles. The van der Waals surface area contributed by atoms with Crippen LogP contribution in [0.5, 0.6) is 5.75 Å². The van der Waals surface area contributed by atoms with Crippen molar-refractivity contribution in [3.8, 4) is 5.75 Å². The van der Waals surface area contributed by atoms with E-state index in [9.17, 15) is 18.3 Å². The molecule has 4 aromatic rings. The van der Waals surface area contributed by atoms with Gasteiger partial charge in [-0.05, 0) is 24.3 Å². The Morgan fingerprint density at radius 1 is 1.13 bits per heavy atom. The minimum Gasteiger partial charge on any atom is -0.506 e. The lowest BCUT2D eigenvalue weighted by Crippen LogP contribution is -2.33. The third kappa shape index (κ3) is 2.86. The minimum atomic E-state index is -4.05. The number of sulfonamides is 1. The predicted octanol–water partition coefficient (Wildman–Crippen LogP) is 2.17. The van der Waals surface area contributed by atoms with Crippen molar-refractivity contribution in [3.63, 3.8) is 0 Å². The Bertz CT molecular complexity index is 1490. The van der Waals surface area contributed by atoms with Gasteiger partial charge in [0.15, 0.2) is 5.84 Å². The van der Waals surface area contributed by atoms with Gasteiger partial charge in [-0.3, -0.25) is 9.36 Å². The number of fused-ring (bicyclic) bond motifs is 2. The second-order valence-corrected chi connectivity index (χ2v) is 8.80. The van der Waals surface area contributed by atoms with Gasteiger partial charge in [0.2, 0.25) is 0 Å². The number of nitrogens with one attached hydrogen (secondary N) is 1. The van der Waals surface area contributed by atoms with Gasteiger partial charge in [0.25, 0.3) is 15.6 Å². The van der Waals surface area contributed by atoms with Crippen LogP contribution in [0.1, 0.15) is 11.3 Å². The van der Waals surface area contributed by atoms with Crippen molar-refractivity contribution in [3.05, 3.63) is 75.1 Å². The summed E-state index contributed by atoms with van der Waals surface area (Å²) in [6, 6.07) is 9.45. The van der Waals surface area contributed by atoms with Crippen LogP contribution in [0.4, 0.5) is 5.69 Å². The molecule has 5 rings (SSSR count). The van der Waals surface area contributed by atoms with Gasteiger partial charge in [-0.1, -0.05) is 12.1 Å². The molecule has 0 atom stereocenters. The van der Waals surface area contributed by atoms with E-state index >= 15 is 0 Å². The van der Waals surface area contributed by atoms with Gasteiger partial charge in [-0.25, -0.2) is 9.97 Å². The molecule has 3 aromatic heterocycles. The molecule has 150 valence electrons. The molecule has 0 radical (unpaired) electrons. The molecule has 0 bridgehead atoms. The molecule has 0 spiro atoms. The van der Waals surface area contributed by atoms with Gasteiger partial charge in [0, 0.05) is 11.6 Å². The van der Waals surface area contributed by atoms with Crippen LogP contribution in [0, 0.1) is 0 Å². The molecule has 11 heteroatoms. The van der Waals surface area contributed by atoms with Crippen molar-refractivity contribution in [1.82, 2.24) is 14.5 Å². The highest BCUT2D eigenvalue weighted by atomic mass is 32.2. The number of aromatic nitrogens is 3. The Hall–Kier alpha value is -3.57. The lowest BCUT2D eigenvalue weighted by Gasteiger charge is -2.20. The van der Waals surface area contributed by atoms with Gasteiger partial charge in [0.1, 0.15) is 21.9 Å². The SMILES string of the molecule is O=c1c(C2=NS(=O)(=O)c3ccccc3N2)c(O)c2cccnc2n1Cc1cscn1. The molecule has 1 aliphatic rings. The third-order valence-electron chi connectivity index (χ3n) is 4.66. The summed E-state index contributed by atoms with van der Waals surface area (Å²) in [6.45, 7) is 0.111. The zero-order chi connectivity index (χ0) is 20.9. The number of anilines is 1. The zero-order valence-corrected chi connectivity index (χ0v) is 16.8. The first-order valence-corrected chi connectivity index (χ1v) is 11.1. The maximum absolute atomic E-state index is 13.4. The Morgan fingerprint density at radius 2 is 1.97 bits per heavy atom. The summed E-state index contributed by atoms with van der Waals surface area (Å²) in [5, 5.41) is 15.8. The topological polar surface area (TPSA) is 127 Å². The standard InChI is InChI=1S/C19H13N5O4S2/c25-16-12-4-3-7-20-18(12)24(8-11-9-29-10-21-11)19(26)15(16)17-22-13-5-1-2-6-14(13)30(27,28)23-17/h1-7,9-10,25H,8H2,(H,22,23). The Labute approximate surface area is 174 Å². The van der Waals surface area contributed by atoms with Gasteiger partial charge >= 0.3 is 0 Å². The van der Waals surface area contributed by atoms with Crippen LogP contribution in [-0.2, 0) is 16.6 Å². The number of pyridine rings is 2. The highest BCUT2D eigenvalue weighted by molar-refractivity contribution is 7.90. The van der Waals surface area contributed by atoms with Crippen molar-refractivity contribution < 1.29 is 13.5 Å². The van der Waals surface area contributed by atoms with Crippen molar-refractivity contribution >= 4 is 43.9 Å². The summed E-state index contributed by atoms with van der Waals surface area (Å²) in [4.78, 5) is 21.8. The second kappa shape index (κ2) is 6.75. The number of nitrogens with zero attached hydrogens (tertiary/aromatic N) is 4. The van der Waals surface area contributed by atoms with Crippen LogP contribution in [-0.4, -0.2) is 33.9 Å². The van der Waals surface area contributed by atoms with E-state index in [1.807, 2.05) is 0 Å². The van der Waals surface area contributed by atoms with E-state index in [4.69, 9.17) is 0 Å². The highest BCUT2D eigenvalue weighted by Crippen LogP contribution is 2.31. The fraction of sp³-hybridized carbons (Fsp3) is 0.0526. The van der Waals surface area contributed by atoms with Crippen molar-refractivity contribution in [2.24, 2.45) is 4.40 Å². The van der Waals surface area contributed by atoms with Crippen LogP contribution in [0.3, 0.4) is 0 Å². The molecule has 0 saturated carbocycles. The number of hydrogen-bond donors (Lipinski definition) is 2. The van der Waals surface area contributed by atoms with E-state index in [0.717, 1.165) is 0 Å². The number of hydrogen-bond acceptors (Lipinski definition) is 8. The maximum Gasteiger partial charge on any atom is 0.286 e. The Kier molecular flexibility index (Phi) is 4.15. The van der Waals surface area contributed by atoms with E-state index < -0.39 is 21.3 Å². The van der Waals surface area contributed by atoms with Crippen LogP contribution in [0.25, 0.3) is 11.0 Å². The first kappa shape index (κ1) is 18.5. The van der Waals surface area contributed by atoms with E-state index in [1.165, 1.54) is 28.2 Å². The lowest BCUT2D eigenvalue weighted by molar-refractivity contribution is 0.477. The van der Waals surface area contributed by atoms with Crippen LogP contribution in [0.15, 0.2) is 67.6 Å². The Morgan fingerprint density at radius 3 is 2.77 bits per heavy atom. The number of rotatable bonds is 3. The Balaban J connectivity index is 1.79. The van der Waals surface area contributed by atoms with E-state index in [1.54, 1.807) is 41.2 Å². The van der Waals surface area contributed by atoms with Crippen molar-refractivity contribution in [2.75, 3.05) is 5.32 Å². The van der Waals surface area contributed by atoms with Gasteiger partial charge in [-0.2, -0.15) is 8.42 Å². The molecule has 4 heterocycles. The molecule has 0 fully saturated rings. The minimum absolute atomic E-state index is 0.00139. The number of amidine groups is 1. The average Bonchev–Trinajstić information content (AvgIpc) is 3.24. The number of aromatic hydroxyl groups is 1. The summed E-state index contributed by atoms with van der Waals surface area (Å²) in [6.07, 6.45) is 1.51. The molecule has 0 amide bonds. The van der Waals surface area contributed by atoms with Crippen LogP contribution >= 0.6 is 11.3 Å². The second-order valence-electron chi connectivity index (χ2n) is 6.51. The van der Waals surface area contributed by atoms with Crippen molar-refractivity contribution in [1.29, 1.82) is 0 Å². The molecule has 9 nitrogen and oxygen atoms in total. The molecule has 0 saturated heterocycles. The molecule has 30 heavy (non-hydrogen) atoms. The molecular formula is C19H13N5O4S2. The summed E-state index contributed by atoms with van der Waals surface area (Å²) in [7, 11) is -4.05. The number of thiazole rings is 1. The quantitative estimate of drug-likeness (QED) is 0.501. The smallest absolute Gasteiger partial charge is 0.286 e. The van der Waals surface area contributed by atoms with E-state index in [-0.39, 0.29) is 34.2 Å². The molecular weight excluding hydrogens is 426 g/mol. The fourth-order valence-electron chi connectivity index (χ4n) is 3.32. The largest absolute Gasteiger partial charge is 0.506 e. The van der Waals surface area contributed by atoms with Crippen LogP contribution in [0.2, 0.25) is 0 Å². The maximum atomic E-state index is 13.4. The predicted molar refractivity (Wildman–Crippen MR) is 113 cm³/mol. The van der Waals surface area contributed by atoms with Crippen LogP contribution < -0.4 is 10.9 Å². The first-order valence-electron chi connectivity index (χ1n) is 8.74. The van der Waals surface area contributed by atoms with Crippen molar-refractivity contribution in [2.45, 2.75) is 11.4 Å². The van der Waals surface area contributed by atoms with E-state index in [2.05, 4.69) is 19.7 Å². The summed E-state index contributed by atoms with van der Waals surface area (Å²) in [5.74, 6) is -0.632. The molecule has 0 unspecified atom stereocenters.